The number of unbranched alkanes of at least 4 members (excludes halogenated alkanes) is 7. The lowest BCUT2D eigenvalue weighted by molar-refractivity contribution is -0.141. The van der Waals surface area contributed by atoms with Gasteiger partial charge in [0.15, 0.2) is 0 Å². The van der Waals surface area contributed by atoms with Crippen LogP contribution in [0.2, 0.25) is 0 Å². The maximum Gasteiger partial charge on any atom is 0.328 e. The van der Waals surface area contributed by atoms with Crippen LogP contribution in [-0.2, 0) is 19.1 Å². The SMILES string of the molecule is CCCCCCCCC/C(CC(=O)N[C@H]1CCOC1=O)=N/NC(=O)CCCC[C@@H]1SC[C@H]2NC(=O)N[C@H]12. The van der Waals surface area contributed by atoms with E-state index >= 15 is 0 Å². The van der Waals surface area contributed by atoms with Crippen molar-refractivity contribution in [3.8, 4) is 0 Å². The van der Waals surface area contributed by atoms with Gasteiger partial charge in [0.05, 0.1) is 25.1 Å². The highest BCUT2D eigenvalue weighted by Gasteiger charge is 2.42. The predicted molar refractivity (Wildman–Crippen MR) is 144 cm³/mol. The molecule has 0 bridgehead atoms. The second-order valence-electron chi connectivity index (χ2n) is 10.2. The van der Waals surface area contributed by atoms with E-state index in [-0.39, 0.29) is 36.3 Å². The number of fused-ring (bicyclic) bond motifs is 1. The van der Waals surface area contributed by atoms with Gasteiger partial charge in [0.1, 0.15) is 6.04 Å². The molecule has 0 radical (unpaired) electrons. The van der Waals surface area contributed by atoms with E-state index in [4.69, 9.17) is 4.74 Å². The number of hydrazone groups is 1. The summed E-state index contributed by atoms with van der Waals surface area (Å²) >= 11 is 1.87. The molecule has 208 valence electrons. The number of urea groups is 1. The third-order valence-corrected chi connectivity index (χ3v) is 8.63. The van der Waals surface area contributed by atoms with Crippen LogP contribution in [0.1, 0.15) is 96.8 Å². The number of hydrogen-bond acceptors (Lipinski definition) is 7. The molecule has 3 aliphatic rings. The fraction of sp³-hybridized carbons (Fsp3) is 0.808. The van der Waals surface area contributed by atoms with Gasteiger partial charge >= 0.3 is 12.0 Å². The summed E-state index contributed by atoms with van der Waals surface area (Å²) in [6.07, 6.45) is 12.2. The van der Waals surface area contributed by atoms with Crippen molar-refractivity contribution in [1.29, 1.82) is 0 Å². The van der Waals surface area contributed by atoms with Gasteiger partial charge in [-0.1, -0.05) is 51.9 Å². The smallest absolute Gasteiger partial charge is 0.328 e. The fourth-order valence-corrected chi connectivity index (χ4v) is 6.54. The van der Waals surface area contributed by atoms with Crippen molar-refractivity contribution in [2.75, 3.05) is 12.4 Å². The van der Waals surface area contributed by atoms with Crippen LogP contribution in [0.4, 0.5) is 4.79 Å². The summed E-state index contributed by atoms with van der Waals surface area (Å²) in [6.45, 7) is 2.52. The zero-order chi connectivity index (χ0) is 26.5. The van der Waals surface area contributed by atoms with Gasteiger partial charge < -0.3 is 20.7 Å². The van der Waals surface area contributed by atoms with Crippen LogP contribution in [0.5, 0.6) is 0 Å². The summed E-state index contributed by atoms with van der Waals surface area (Å²) in [4.78, 5) is 48.1. The molecule has 3 heterocycles. The Hall–Kier alpha value is -2.30. The number of carbonyl (C=O) groups is 4. The molecule has 0 unspecified atom stereocenters. The number of nitrogens with zero attached hydrogens (tertiary/aromatic N) is 1. The van der Waals surface area contributed by atoms with E-state index < -0.39 is 12.0 Å². The molecule has 3 rings (SSSR count). The second-order valence-corrected chi connectivity index (χ2v) is 11.5. The molecule has 10 nitrogen and oxygen atoms in total. The molecule has 4 atom stereocenters. The summed E-state index contributed by atoms with van der Waals surface area (Å²) in [5, 5.41) is 13.3. The largest absolute Gasteiger partial charge is 0.464 e. The molecule has 0 aliphatic carbocycles. The average Bonchev–Trinajstić information content (AvgIpc) is 3.55. The van der Waals surface area contributed by atoms with Gasteiger partial charge in [0, 0.05) is 29.6 Å². The van der Waals surface area contributed by atoms with Gasteiger partial charge in [0.2, 0.25) is 11.8 Å². The molecule has 4 N–H and O–H groups in total. The van der Waals surface area contributed by atoms with Gasteiger partial charge in [0.25, 0.3) is 0 Å². The maximum atomic E-state index is 12.5. The Balaban J connectivity index is 1.38. The van der Waals surface area contributed by atoms with Crippen LogP contribution in [0.25, 0.3) is 0 Å². The van der Waals surface area contributed by atoms with E-state index in [2.05, 4.69) is 33.4 Å². The minimum Gasteiger partial charge on any atom is -0.464 e. The highest BCUT2D eigenvalue weighted by molar-refractivity contribution is 8.00. The molecule has 3 saturated heterocycles. The minimum absolute atomic E-state index is 0.0567. The lowest BCUT2D eigenvalue weighted by Gasteiger charge is -2.16. The Bertz CT molecular complexity index is 823. The van der Waals surface area contributed by atoms with Crippen molar-refractivity contribution >= 4 is 41.3 Å². The van der Waals surface area contributed by atoms with E-state index in [1.165, 1.54) is 25.7 Å². The molecule has 3 aliphatic heterocycles. The molecule has 0 aromatic heterocycles. The van der Waals surface area contributed by atoms with Crippen LogP contribution in [-0.4, -0.2) is 65.3 Å². The van der Waals surface area contributed by atoms with Gasteiger partial charge in [-0.05, 0) is 25.7 Å². The number of ether oxygens (including phenoxy) is 1. The van der Waals surface area contributed by atoms with Gasteiger partial charge in [-0.3, -0.25) is 9.59 Å². The molecular weight excluding hydrogens is 494 g/mol. The Morgan fingerprint density at radius 1 is 1.00 bits per heavy atom. The Kier molecular flexibility index (Phi) is 12.5. The van der Waals surface area contributed by atoms with E-state index in [9.17, 15) is 19.2 Å². The van der Waals surface area contributed by atoms with E-state index in [1.807, 2.05) is 11.8 Å². The summed E-state index contributed by atoms with van der Waals surface area (Å²) < 4.78 is 4.91. The topological polar surface area (TPSA) is 138 Å². The Labute approximate surface area is 224 Å². The predicted octanol–water partition coefficient (Wildman–Crippen LogP) is 3.15. The van der Waals surface area contributed by atoms with Crippen molar-refractivity contribution in [3.63, 3.8) is 0 Å². The number of thioether (sulfide) groups is 1. The minimum atomic E-state index is -0.594. The van der Waals surface area contributed by atoms with Crippen molar-refractivity contribution in [3.05, 3.63) is 0 Å². The monoisotopic (exact) mass is 537 g/mol. The van der Waals surface area contributed by atoms with Crippen molar-refractivity contribution < 1.29 is 23.9 Å². The zero-order valence-electron chi connectivity index (χ0n) is 22.0. The molecule has 0 saturated carbocycles. The highest BCUT2D eigenvalue weighted by atomic mass is 32.2. The van der Waals surface area contributed by atoms with Crippen LogP contribution >= 0.6 is 11.8 Å². The van der Waals surface area contributed by atoms with Crippen LogP contribution < -0.4 is 21.4 Å². The van der Waals surface area contributed by atoms with Crippen LogP contribution in [0, 0.1) is 0 Å². The van der Waals surface area contributed by atoms with Gasteiger partial charge in [-0.15, -0.1) is 0 Å². The molecule has 0 aromatic rings. The number of esters is 1. The van der Waals surface area contributed by atoms with Crippen molar-refractivity contribution in [1.82, 2.24) is 21.4 Å². The molecule has 37 heavy (non-hydrogen) atoms. The van der Waals surface area contributed by atoms with Gasteiger partial charge in [-0.25, -0.2) is 15.0 Å². The molecule has 3 fully saturated rings. The molecule has 11 heteroatoms. The maximum absolute atomic E-state index is 12.5. The van der Waals surface area contributed by atoms with E-state index in [0.717, 1.165) is 44.3 Å². The standard InChI is InChI=1S/C26H43N5O5S/c1-2-3-4-5-6-7-8-11-18(16-23(33)27-19-14-15-36-25(19)34)30-31-22(32)13-10-9-12-21-24-20(17-37-21)28-26(35)29-24/h19-21,24H,2-17H2,1H3,(H,27,33)(H,31,32)(H2,28,29,35)/b30-18-/t19-,20+,21-,24-/m0/s1. The van der Waals surface area contributed by atoms with Crippen molar-refractivity contribution in [2.45, 2.75) is 120 Å². The number of rotatable bonds is 17. The first-order valence-corrected chi connectivity index (χ1v) is 15.0. The summed E-state index contributed by atoms with van der Waals surface area (Å²) in [5.74, 6) is 0.0935. The number of nitrogens with one attached hydrogen (secondary N) is 4. The third kappa shape index (κ3) is 10.2. The first-order chi connectivity index (χ1) is 18.0. The number of cyclic esters (lactones) is 1. The van der Waals surface area contributed by atoms with Crippen LogP contribution in [0.3, 0.4) is 0 Å². The second kappa shape index (κ2) is 15.8. The lowest BCUT2D eigenvalue weighted by atomic mass is 10.0. The van der Waals surface area contributed by atoms with Crippen LogP contribution in [0.15, 0.2) is 5.10 Å². The molecule has 0 spiro atoms. The van der Waals surface area contributed by atoms with E-state index in [0.29, 0.717) is 36.8 Å². The fourth-order valence-electron chi connectivity index (χ4n) is 5.00. The molecule has 0 aromatic carbocycles. The highest BCUT2D eigenvalue weighted by Crippen LogP contribution is 2.33. The molecular formula is C26H43N5O5S. The average molecular weight is 538 g/mol. The Morgan fingerprint density at radius 2 is 1.76 bits per heavy atom. The first-order valence-electron chi connectivity index (χ1n) is 13.9. The first kappa shape index (κ1) is 29.3. The number of amides is 4. The summed E-state index contributed by atoms with van der Waals surface area (Å²) in [7, 11) is 0. The van der Waals surface area contributed by atoms with Gasteiger partial charge in [-0.2, -0.15) is 16.9 Å². The van der Waals surface area contributed by atoms with Crippen molar-refractivity contribution in [2.24, 2.45) is 5.10 Å². The number of carbonyl (C=O) groups excluding carboxylic acids is 4. The van der Waals surface area contributed by atoms with E-state index in [1.54, 1.807) is 0 Å². The Morgan fingerprint density at radius 3 is 2.51 bits per heavy atom. The summed E-state index contributed by atoms with van der Waals surface area (Å²) in [6, 6.07) is -0.279. The molecule has 4 amide bonds. The number of hydrogen-bond donors (Lipinski definition) is 4. The quantitative estimate of drug-likeness (QED) is 0.0739. The zero-order valence-corrected chi connectivity index (χ0v) is 22.8. The normalized spacial score (nSPS) is 24.8. The lowest BCUT2D eigenvalue weighted by Crippen LogP contribution is -2.39. The summed E-state index contributed by atoms with van der Waals surface area (Å²) in [5.41, 5.74) is 3.26. The third-order valence-electron chi connectivity index (χ3n) is 7.12.